The molecule has 0 N–H and O–H groups in total. The molecule has 0 saturated heterocycles. The van der Waals surface area contributed by atoms with Gasteiger partial charge in [0.1, 0.15) is 11.9 Å². The first-order valence-corrected chi connectivity index (χ1v) is 5.75. The number of hydrogen-bond acceptors (Lipinski definition) is 3. The van der Waals surface area contributed by atoms with Gasteiger partial charge in [-0.05, 0) is 19.9 Å². The van der Waals surface area contributed by atoms with E-state index in [-0.39, 0.29) is 12.1 Å². The summed E-state index contributed by atoms with van der Waals surface area (Å²) >= 11 is 0. The van der Waals surface area contributed by atoms with E-state index >= 15 is 0 Å². The molecule has 0 aliphatic carbocycles. The summed E-state index contributed by atoms with van der Waals surface area (Å²) in [6.07, 6.45) is 0.746. The van der Waals surface area contributed by atoms with Gasteiger partial charge in [-0.15, -0.1) is 0 Å². The van der Waals surface area contributed by atoms with Crippen LogP contribution in [-0.4, -0.2) is 16.1 Å². The molecule has 0 aliphatic heterocycles. The fourth-order valence-corrected chi connectivity index (χ4v) is 1.98. The highest BCUT2D eigenvalue weighted by atomic mass is 19.1. The Labute approximate surface area is 110 Å². The summed E-state index contributed by atoms with van der Waals surface area (Å²) < 4.78 is 15.5. The number of benzene rings is 1. The highest BCUT2D eigenvalue weighted by molar-refractivity contribution is 5.78. The van der Waals surface area contributed by atoms with Crippen molar-refractivity contribution in [2.24, 2.45) is 0 Å². The second kappa shape index (κ2) is 5.02. The van der Waals surface area contributed by atoms with Gasteiger partial charge in [0.2, 0.25) is 0 Å². The van der Waals surface area contributed by atoms with E-state index < -0.39 is 5.82 Å². The lowest BCUT2D eigenvalue weighted by Crippen LogP contribution is -2.07. The van der Waals surface area contributed by atoms with E-state index in [4.69, 9.17) is 5.26 Å². The van der Waals surface area contributed by atoms with Crippen molar-refractivity contribution in [1.29, 1.82) is 5.26 Å². The highest BCUT2D eigenvalue weighted by Gasteiger charge is 2.13. The first-order valence-electron chi connectivity index (χ1n) is 5.75. The molecular formula is C14H12FN3O. The standard InChI is InChI=1S/C14H12FN3O/c1-9-13(8-19)10(2)18(17-9)7-12-5-3-4-11(6-16)14(12)15/h3-5,8H,7H2,1-2H3. The van der Waals surface area contributed by atoms with Crippen LogP contribution < -0.4 is 0 Å². The van der Waals surface area contributed by atoms with Gasteiger partial charge in [0.15, 0.2) is 6.29 Å². The van der Waals surface area contributed by atoms with Gasteiger partial charge >= 0.3 is 0 Å². The number of aryl methyl sites for hydroxylation is 1. The van der Waals surface area contributed by atoms with E-state index in [9.17, 15) is 9.18 Å². The summed E-state index contributed by atoms with van der Waals surface area (Å²) in [6.45, 7) is 3.69. The van der Waals surface area contributed by atoms with Crippen LogP contribution in [0.25, 0.3) is 0 Å². The number of nitriles is 1. The second-order valence-corrected chi connectivity index (χ2v) is 4.25. The van der Waals surface area contributed by atoms with E-state index in [0.29, 0.717) is 22.5 Å². The molecule has 0 unspecified atom stereocenters. The van der Waals surface area contributed by atoms with Crippen LogP contribution in [0.1, 0.15) is 32.9 Å². The quantitative estimate of drug-likeness (QED) is 0.793. The van der Waals surface area contributed by atoms with Crippen LogP contribution >= 0.6 is 0 Å². The third kappa shape index (κ3) is 2.25. The molecule has 2 aromatic rings. The molecule has 0 radical (unpaired) electrons. The third-order valence-corrected chi connectivity index (χ3v) is 3.07. The molecule has 96 valence electrons. The van der Waals surface area contributed by atoms with Crippen molar-refractivity contribution in [3.8, 4) is 6.07 Å². The van der Waals surface area contributed by atoms with Crippen molar-refractivity contribution in [1.82, 2.24) is 9.78 Å². The molecule has 0 aliphatic rings. The molecule has 0 spiro atoms. The Kier molecular flexibility index (Phi) is 3.43. The van der Waals surface area contributed by atoms with Gasteiger partial charge in [-0.25, -0.2) is 4.39 Å². The minimum absolute atomic E-state index is 0.00893. The van der Waals surface area contributed by atoms with E-state index in [1.165, 1.54) is 6.07 Å². The molecule has 4 nitrogen and oxygen atoms in total. The molecule has 5 heteroatoms. The Morgan fingerprint density at radius 1 is 1.47 bits per heavy atom. The summed E-state index contributed by atoms with van der Waals surface area (Å²) in [7, 11) is 0. The number of nitrogens with zero attached hydrogens (tertiary/aromatic N) is 3. The first-order chi connectivity index (χ1) is 9.08. The number of carbonyl (C=O) groups excluding carboxylic acids is 1. The summed E-state index contributed by atoms with van der Waals surface area (Å²) in [5.74, 6) is -0.537. The maximum Gasteiger partial charge on any atom is 0.153 e. The number of hydrogen-bond donors (Lipinski definition) is 0. The maximum atomic E-state index is 13.9. The monoisotopic (exact) mass is 257 g/mol. The van der Waals surface area contributed by atoms with Crippen molar-refractivity contribution in [2.75, 3.05) is 0 Å². The largest absolute Gasteiger partial charge is 0.298 e. The summed E-state index contributed by atoms with van der Waals surface area (Å²) in [5, 5.41) is 13.0. The predicted octanol–water partition coefficient (Wildman–Crippen LogP) is 2.37. The Morgan fingerprint density at radius 2 is 2.21 bits per heavy atom. The lowest BCUT2D eigenvalue weighted by Gasteiger charge is -2.06. The number of rotatable bonds is 3. The van der Waals surface area contributed by atoms with Crippen molar-refractivity contribution < 1.29 is 9.18 Å². The van der Waals surface area contributed by atoms with E-state index in [2.05, 4.69) is 5.10 Å². The molecular weight excluding hydrogens is 245 g/mol. The Morgan fingerprint density at radius 3 is 2.79 bits per heavy atom. The summed E-state index contributed by atoms with van der Waals surface area (Å²) in [5.41, 5.74) is 2.21. The van der Waals surface area contributed by atoms with Crippen LogP contribution in [0.2, 0.25) is 0 Å². The van der Waals surface area contributed by atoms with Gasteiger partial charge in [0.25, 0.3) is 0 Å². The van der Waals surface area contributed by atoms with Gasteiger partial charge in [-0.1, -0.05) is 12.1 Å². The molecule has 0 bridgehead atoms. The summed E-state index contributed by atoms with van der Waals surface area (Å²) in [4.78, 5) is 10.9. The maximum absolute atomic E-state index is 13.9. The minimum atomic E-state index is -0.537. The topological polar surface area (TPSA) is 58.7 Å². The normalized spacial score (nSPS) is 10.2. The smallest absolute Gasteiger partial charge is 0.153 e. The van der Waals surface area contributed by atoms with Crippen LogP contribution in [0, 0.1) is 31.0 Å². The highest BCUT2D eigenvalue weighted by Crippen LogP contribution is 2.16. The Bertz CT molecular complexity index is 683. The molecule has 1 aromatic carbocycles. The van der Waals surface area contributed by atoms with E-state index in [1.54, 1.807) is 36.7 Å². The molecule has 0 saturated carbocycles. The first kappa shape index (κ1) is 13.0. The van der Waals surface area contributed by atoms with E-state index in [1.807, 2.05) is 0 Å². The summed E-state index contributed by atoms with van der Waals surface area (Å²) in [6, 6.07) is 6.46. The average molecular weight is 257 g/mol. The third-order valence-electron chi connectivity index (χ3n) is 3.07. The zero-order valence-electron chi connectivity index (χ0n) is 10.6. The Hall–Kier alpha value is -2.48. The van der Waals surface area contributed by atoms with Gasteiger partial charge in [0, 0.05) is 11.3 Å². The molecule has 1 heterocycles. The zero-order chi connectivity index (χ0) is 14.0. The predicted molar refractivity (Wildman–Crippen MR) is 67.3 cm³/mol. The minimum Gasteiger partial charge on any atom is -0.298 e. The number of halogens is 1. The lowest BCUT2D eigenvalue weighted by atomic mass is 10.1. The van der Waals surface area contributed by atoms with Gasteiger partial charge in [-0.3, -0.25) is 9.48 Å². The van der Waals surface area contributed by atoms with Gasteiger partial charge < -0.3 is 0 Å². The van der Waals surface area contributed by atoms with Crippen molar-refractivity contribution in [3.05, 3.63) is 52.1 Å². The molecule has 0 amide bonds. The van der Waals surface area contributed by atoms with Crippen molar-refractivity contribution in [3.63, 3.8) is 0 Å². The molecule has 1 aromatic heterocycles. The van der Waals surface area contributed by atoms with E-state index in [0.717, 1.165) is 6.29 Å². The van der Waals surface area contributed by atoms with Gasteiger partial charge in [0.05, 0.1) is 23.4 Å². The van der Waals surface area contributed by atoms with Crippen LogP contribution in [0.15, 0.2) is 18.2 Å². The second-order valence-electron chi connectivity index (χ2n) is 4.25. The molecule has 0 fully saturated rings. The fraction of sp³-hybridized carbons (Fsp3) is 0.214. The number of carbonyl (C=O) groups is 1. The van der Waals surface area contributed by atoms with Crippen LogP contribution in [0.4, 0.5) is 4.39 Å². The fourth-order valence-electron chi connectivity index (χ4n) is 1.98. The van der Waals surface area contributed by atoms with Crippen LogP contribution in [0.3, 0.4) is 0 Å². The number of aldehydes is 1. The van der Waals surface area contributed by atoms with Crippen LogP contribution in [-0.2, 0) is 6.54 Å². The average Bonchev–Trinajstić information content (AvgIpc) is 2.66. The Balaban J connectivity index is 2.43. The zero-order valence-corrected chi connectivity index (χ0v) is 10.6. The molecule has 0 atom stereocenters. The lowest BCUT2D eigenvalue weighted by molar-refractivity contribution is 0.112. The van der Waals surface area contributed by atoms with Crippen molar-refractivity contribution >= 4 is 6.29 Å². The molecule has 2 rings (SSSR count). The van der Waals surface area contributed by atoms with Crippen LogP contribution in [0.5, 0.6) is 0 Å². The SMILES string of the molecule is Cc1nn(Cc2cccc(C#N)c2F)c(C)c1C=O. The number of aromatic nitrogens is 2. The van der Waals surface area contributed by atoms with Gasteiger partial charge in [-0.2, -0.15) is 10.4 Å². The molecule has 19 heavy (non-hydrogen) atoms. The van der Waals surface area contributed by atoms with Crippen molar-refractivity contribution in [2.45, 2.75) is 20.4 Å².